The highest BCUT2D eigenvalue weighted by Crippen LogP contribution is 2.16. The van der Waals surface area contributed by atoms with Crippen LogP contribution in [0, 0.1) is 5.82 Å². The number of hydrogen-bond donors (Lipinski definition) is 2. The van der Waals surface area contributed by atoms with E-state index in [0.717, 1.165) is 5.56 Å². The molecule has 0 aliphatic carbocycles. The smallest absolute Gasteiger partial charge is 0.221 e. The SMILES string of the molecule is CN(C)C(CNC(=O)C[C@H](N)Cc1ccccc1F)c1ccccc1. The van der Waals surface area contributed by atoms with Gasteiger partial charge in [-0.05, 0) is 37.7 Å². The second-order valence-electron chi connectivity index (χ2n) is 6.45. The summed E-state index contributed by atoms with van der Waals surface area (Å²) < 4.78 is 13.7. The molecule has 2 aromatic rings. The minimum absolute atomic E-state index is 0.0907. The van der Waals surface area contributed by atoms with E-state index in [2.05, 4.69) is 10.2 Å². The lowest BCUT2D eigenvalue weighted by molar-refractivity contribution is -0.121. The zero-order chi connectivity index (χ0) is 18.2. The van der Waals surface area contributed by atoms with E-state index >= 15 is 0 Å². The number of nitrogens with one attached hydrogen (secondary N) is 1. The molecule has 1 unspecified atom stereocenters. The summed E-state index contributed by atoms with van der Waals surface area (Å²) in [7, 11) is 3.96. The van der Waals surface area contributed by atoms with E-state index in [-0.39, 0.29) is 24.2 Å². The lowest BCUT2D eigenvalue weighted by atomic mass is 10.0. The molecular formula is C20H26FN3O. The third-order valence-electron chi connectivity index (χ3n) is 4.19. The van der Waals surface area contributed by atoms with Gasteiger partial charge in [-0.25, -0.2) is 4.39 Å². The van der Waals surface area contributed by atoms with Crippen LogP contribution in [0.4, 0.5) is 4.39 Å². The number of rotatable bonds is 8. The van der Waals surface area contributed by atoms with Crippen LogP contribution in [0.15, 0.2) is 54.6 Å². The largest absolute Gasteiger partial charge is 0.354 e. The molecule has 0 fully saturated rings. The molecule has 1 amide bonds. The average Bonchev–Trinajstić information content (AvgIpc) is 2.57. The van der Waals surface area contributed by atoms with Crippen molar-refractivity contribution >= 4 is 5.91 Å². The number of nitrogens with zero attached hydrogens (tertiary/aromatic N) is 1. The molecule has 5 heteroatoms. The predicted molar refractivity (Wildman–Crippen MR) is 98.6 cm³/mol. The molecule has 0 aliphatic rings. The van der Waals surface area contributed by atoms with E-state index in [0.29, 0.717) is 18.5 Å². The summed E-state index contributed by atoms with van der Waals surface area (Å²) in [6.07, 6.45) is 0.513. The maximum absolute atomic E-state index is 13.7. The van der Waals surface area contributed by atoms with E-state index in [1.807, 2.05) is 44.4 Å². The Bertz CT molecular complexity index is 676. The fraction of sp³-hybridized carbons (Fsp3) is 0.350. The first kappa shape index (κ1) is 19.1. The summed E-state index contributed by atoms with van der Waals surface area (Å²) in [5.41, 5.74) is 7.70. The quantitative estimate of drug-likeness (QED) is 0.774. The lowest BCUT2D eigenvalue weighted by Crippen LogP contribution is -2.38. The monoisotopic (exact) mass is 343 g/mol. The number of carbonyl (C=O) groups excluding carboxylic acids is 1. The fourth-order valence-corrected chi connectivity index (χ4v) is 2.81. The van der Waals surface area contributed by atoms with Gasteiger partial charge in [-0.3, -0.25) is 4.79 Å². The van der Waals surface area contributed by atoms with Crippen molar-refractivity contribution in [3.05, 3.63) is 71.5 Å². The number of likely N-dealkylation sites (N-methyl/N-ethyl adjacent to an activating group) is 1. The normalized spacial score (nSPS) is 13.5. The van der Waals surface area contributed by atoms with E-state index in [1.54, 1.807) is 18.2 Å². The van der Waals surface area contributed by atoms with Crippen molar-refractivity contribution in [2.75, 3.05) is 20.6 Å². The third kappa shape index (κ3) is 5.96. The van der Waals surface area contributed by atoms with E-state index < -0.39 is 6.04 Å². The van der Waals surface area contributed by atoms with Crippen LogP contribution in [0.1, 0.15) is 23.6 Å². The number of benzene rings is 2. The highest BCUT2D eigenvalue weighted by molar-refractivity contribution is 5.76. The molecule has 0 aromatic heterocycles. The van der Waals surface area contributed by atoms with Crippen molar-refractivity contribution in [2.45, 2.75) is 24.9 Å². The molecule has 134 valence electrons. The maximum Gasteiger partial charge on any atom is 0.221 e. The van der Waals surface area contributed by atoms with Crippen molar-refractivity contribution in [3.63, 3.8) is 0 Å². The number of amides is 1. The Morgan fingerprint density at radius 2 is 1.76 bits per heavy atom. The fourth-order valence-electron chi connectivity index (χ4n) is 2.81. The topological polar surface area (TPSA) is 58.4 Å². The van der Waals surface area contributed by atoms with E-state index in [9.17, 15) is 9.18 Å². The summed E-state index contributed by atoms with van der Waals surface area (Å²) in [6, 6.07) is 16.2. The van der Waals surface area contributed by atoms with Crippen molar-refractivity contribution in [1.29, 1.82) is 0 Å². The summed E-state index contributed by atoms with van der Waals surface area (Å²) in [4.78, 5) is 14.2. The van der Waals surface area contributed by atoms with Gasteiger partial charge in [0, 0.05) is 19.0 Å². The summed E-state index contributed by atoms with van der Waals surface area (Å²) >= 11 is 0. The Kier molecular flexibility index (Phi) is 7.10. The maximum atomic E-state index is 13.7. The number of carbonyl (C=O) groups is 1. The van der Waals surface area contributed by atoms with Crippen LogP contribution in [0.5, 0.6) is 0 Å². The molecule has 0 bridgehead atoms. The van der Waals surface area contributed by atoms with Crippen LogP contribution in [0.25, 0.3) is 0 Å². The van der Waals surface area contributed by atoms with Gasteiger partial charge in [0.15, 0.2) is 0 Å². The minimum Gasteiger partial charge on any atom is -0.354 e. The summed E-state index contributed by atoms with van der Waals surface area (Å²) in [5, 5.41) is 2.94. The second-order valence-corrected chi connectivity index (χ2v) is 6.45. The molecule has 3 N–H and O–H groups in total. The van der Waals surface area contributed by atoms with Crippen molar-refractivity contribution in [1.82, 2.24) is 10.2 Å². The Morgan fingerprint density at radius 1 is 1.12 bits per heavy atom. The van der Waals surface area contributed by atoms with Gasteiger partial charge >= 0.3 is 0 Å². The zero-order valence-electron chi connectivity index (χ0n) is 14.8. The van der Waals surface area contributed by atoms with Crippen LogP contribution in [0.2, 0.25) is 0 Å². The van der Waals surface area contributed by atoms with Gasteiger partial charge in [0.2, 0.25) is 5.91 Å². The van der Waals surface area contributed by atoms with Crippen LogP contribution in [-0.2, 0) is 11.2 Å². The number of hydrogen-bond acceptors (Lipinski definition) is 3. The van der Waals surface area contributed by atoms with E-state index in [4.69, 9.17) is 5.73 Å². The highest BCUT2D eigenvalue weighted by Gasteiger charge is 2.17. The van der Waals surface area contributed by atoms with Crippen LogP contribution >= 0.6 is 0 Å². The number of halogens is 1. The summed E-state index contributed by atoms with van der Waals surface area (Å²) in [5.74, 6) is -0.401. The summed E-state index contributed by atoms with van der Waals surface area (Å²) in [6.45, 7) is 0.502. The minimum atomic E-state index is -0.411. The first-order chi connectivity index (χ1) is 12.0. The van der Waals surface area contributed by atoms with Crippen molar-refractivity contribution < 1.29 is 9.18 Å². The Balaban J connectivity index is 1.85. The molecule has 0 radical (unpaired) electrons. The van der Waals surface area contributed by atoms with Crippen LogP contribution < -0.4 is 11.1 Å². The van der Waals surface area contributed by atoms with Gasteiger partial charge < -0.3 is 16.0 Å². The Hall–Kier alpha value is -2.24. The van der Waals surface area contributed by atoms with Crippen molar-refractivity contribution in [3.8, 4) is 0 Å². The predicted octanol–water partition coefficient (Wildman–Crippen LogP) is 2.50. The van der Waals surface area contributed by atoms with E-state index in [1.165, 1.54) is 6.07 Å². The average molecular weight is 343 g/mol. The van der Waals surface area contributed by atoms with Gasteiger partial charge in [0.05, 0.1) is 6.04 Å². The Labute approximate surface area is 148 Å². The first-order valence-corrected chi connectivity index (χ1v) is 8.44. The van der Waals surface area contributed by atoms with Gasteiger partial charge in [-0.2, -0.15) is 0 Å². The third-order valence-corrected chi connectivity index (χ3v) is 4.19. The van der Waals surface area contributed by atoms with Gasteiger partial charge in [0.25, 0.3) is 0 Å². The van der Waals surface area contributed by atoms with Gasteiger partial charge in [-0.15, -0.1) is 0 Å². The molecular weight excluding hydrogens is 317 g/mol. The highest BCUT2D eigenvalue weighted by atomic mass is 19.1. The standard InChI is InChI=1S/C20H26FN3O/c1-24(2)19(15-8-4-3-5-9-15)14-23-20(25)13-17(22)12-16-10-6-7-11-18(16)21/h3-11,17,19H,12-14,22H2,1-2H3,(H,23,25)/t17-,19?/m1/s1. The molecule has 25 heavy (non-hydrogen) atoms. The van der Waals surface area contributed by atoms with Gasteiger partial charge in [0.1, 0.15) is 5.82 Å². The molecule has 2 rings (SSSR count). The van der Waals surface area contributed by atoms with Crippen molar-refractivity contribution in [2.24, 2.45) is 5.73 Å². The molecule has 2 aromatic carbocycles. The molecule has 0 saturated carbocycles. The molecule has 2 atom stereocenters. The second kappa shape index (κ2) is 9.30. The molecule has 0 spiro atoms. The lowest BCUT2D eigenvalue weighted by Gasteiger charge is -2.25. The Morgan fingerprint density at radius 3 is 2.40 bits per heavy atom. The van der Waals surface area contributed by atoms with Crippen LogP contribution in [-0.4, -0.2) is 37.5 Å². The van der Waals surface area contributed by atoms with Gasteiger partial charge in [-0.1, -0.05) is 48.5 Å². The molecule has 0 heterocycles. The zero-order valence-corrected chi connectivity index (χ0v) is 14.8. The molecule has 4 nitrogen and oxygen atoms in total. The number of nitrogens with two attached hydrogens (primary N) is 1. The molecule has 0 aliphatic heterocycles. The first-order valence-electron chi connectivity index (χ1n) is 8.44. The van der Waals surface area contributed by atoms with Crippen LogP contribution in [0.3, 0.4) is 0 Å². The molecule has 0 saturated heterocycles.